The van der Waals surface area contributed by atoms with Crippen LogP contribution in [0.1, 0.15) is 6.42 Å². The molecule has 0 spiro atoms. The van der Waals surface area contributed by atoms with Crippen molar-refractivity contribution >= 4 is 29.3 Å². The molecule has 5 heteroatoms. The minimum absolute atomic E-state index is 0.0721. The van der Waals surface area contributed by atoms with E-state index in [4.69, 9.17) is 11.6 Å². The monoisotopic (exact) mass is 236 g/mol. The molecule has 1 fully saturated rings. The first kappa shape index (κ1) is 10.9. The number of halogens is 1. The number of hydrogen-bond acceptors (Lipinski definition) is 3. The third kappa shape index (κ3) is 1.98. The second-order valence-electron chi connectivity index (χ2n) is 3.53. The molecule has 1 aromatic carbocycles. The lowest BCUT2D eigenvalue weighted by molar-refractivity contribution is -0.117. The fraction of sp³-hybridized carbons (Fsp3) is 0.273. The van der Waals surface area contributed by atoms with Crippen molar-refractivity contribution in [2.75, 3.05) is 11.4 Å². The fourth-order valence-electron chi connectivity index (χ4n) is 1.75. The Kier molecular flexibility index (Phi) is 3.04. The number of nitrogens with zero attached hydrogens (tertiary/aromatic N) is 2. The van der Waals surface area contributed by atoms with E-state index < -0.39 is 0 Å². The van der Waals surface area contributed by atoms with Crippen molar-refractivity contribution in [3.8, 4) is 0 Å². The third-order valence-corrected chi connectivity index (χ3v) is 2.80. The predicted molar refractivity (Wildman–Crippen MR) is 60.3 cm³/mol. The van der Waals surface area contributed by atoms with Crippen LogP contribution in [0.3, 0.4) is 0 Å². The Hall–Kier alpha value is -1.64. The zero-order valence-corrected chi connectivity index (χ0v) is 9.15. The largest absolute Gasteiger partial charge is 0.309 e. The number of carbonyl (C=O) groups excluding carboxylic acids is 2. The molecule has 0 aliphatic carbocycles. The van der Waals surface area contributed by atoms with Crippen LogP contribution in [0.15, 0.2) is 29.3 Å². The van der Waals surface area contributed by atoms with Gasteiger partial charge in [0.1, 0.15) is 0 Å². The molecule has 0 bridgehead atoms. The number of rotatable bonds is 2. The normalized spacial score (nSPS) is 19.7. The van der Waals surface area contributed by atoms with Crippen LogP contribution in [0.25, 0.3) is 0 Å². The molecule has 1 atom stereocenters. The zero-order valence-electron chi connectivity index (χ0n) is 8.39. The summed E-state index contributed by atoms with van der Waals surface area (Å²) in [7, 11) is 0. The highest BCUT2D eigenvalue weighted by Gasteiger charge is 2.31. The lowest BCUT2D eigenvalue weighted by Crippen LogP contribution is -2.25. The number of anilines is 1. The van der Waals surface area contributed by atoms with Gasteiger partial charge < -0.3 is 4.90 Å². The minimum atomic E-state index is -0.304. The van der Waals surface area contributed by atoms with Gasteiger partial charge in [0.15, 0.2) is 0 Å². The Labute approximate surface area is 97.5 Å². The number of amides is 1. The molecule has 1 amide bonds. The van der Waals surface area contributed by atoms with Gasteiger partial charge in [-0.3, -0.25) is 4.79 Å². The molecular weight excluding hydrogens is 228 g/mol. The lowest BCUT2D eigenvalue weighted by atomic mass is 10.3. The van der Waals surface area contributed by atoms with Crippen molar-refractivity contribution in [3.63, 3.8) is 0 Å². The standard InChI is InChI=1S/C11H9ClN2O2/c12-9-3-1-2-4-10(9)14-6-8(13-7-15)5-11(14)16/h1-4,8H,5-6H2. The predicted octanol–water partition coefficient (Wildman–Crippen LogP) is 1.78. The van der Waals surface area contributed by atoms with Crippen LogP contribution >= 0.6 is 11.6 Å². The molecule has 1 aliphatic heterocycles. The number of aliphatic imine (C=N–C) groups is 1. The van der Waals surface area contributed by atoms with E-state index >= 15 is 0 Å². The number of hydrogen-bond donors (Lipinski definition) is 0. The first-order chi connectivity index (χ1) is 7.72. The second kappa shape index (κ2) is 4.47. The molecular formula is C11H9ClN2O2. The molecule has 0 saturated carbocycles. The Bertz CT molecular complexity index is 469. The SMILES string of the molecule is O=C=NC1CC(=O)N(c2ccccc2Cl)C1. The molecule has 4 nitrogen and oxygen atoms in total. The second-order valence-corrected chi connectivity index (χ2v) is 3.94. The molecule has 16 heavy (non-hydrogen) atoms. The maximum Gasteiger partial charge on any atom is 0.235 e. The van der Waals surface area contributed by atoms with Crippen molar-refractivity contribution in [1.29, 1.82) is 0 Å². The molecule has 1 aliphatic rings. The lowest BCUT2D eigenvalue weighted by Gasteiger charge is -2.16. The van der Waals surface area contributed by atoms with E-state index in [1.807, 2.05) is 6.07 Å². The van der Waals surface area contributed by atoms with E-state index in [-0.39, 0.29) is 18.4 Å². The summed E-state index contributed by atoms with van der Waals surface area (Å²) in [5.41, 5.74) is 0.665. The first-order valence-electron chi connectivity index (χ1n) is 4.84. The molecule has 0 aromatic heterocycles. The molecule has 1 heterocycles. The fourth-order valence-corrected chi connectivity index (χ4v) is 1.99. The Morgan fingerprint density at radius 2 is 2.19 bits per heavy atom. The average molecular weight is 237 g/mol. The summed E-state index contributed by atoms with van der Waals surface area (Å²) in [4.78, 5) is 26.9. The van der Waals surface area contributed by atoms with Crippen LogP contribution in [0, 0.1) is 0 Å². The van der Waals surface area contributed by atoms with E-state index in [1.54, 1.807) is 23.1 Å². The Morgan fingerprint density at radius 3 is 2.88 bits per heavy atom. The van der Waals surface area contributed by atoms with Crippen LogP contribution in [-0.4, -0.2) is 24.6 Å². The molecule has 1 saturated heterocycles. The Balaban J connectivity index is 2.26. The summed E-state index contributed by atoms with van der Waals surface area (Å²) in [5.74, 6) is -0.0721. The molecule has 1 unspecified atom stereocenters. The van der Waals surface area contributed by atoms with Gasteiger partial charge in [0.2, 0.25) is 12.0 Å². The van der Waals surface area contributed by atoms with Gasteiger partial charge in [-0.1, -0.05) is 23.7 Å². The summed E-state index contributed by atoms with van der Waals surface area (Å²) >= 11 is 5.99. The van der Waals surface area contributed by atoms with Gasteiger partial charge in [0.05, 0.1) is 23.2 Å². The van der Waals surface area contributed by atoms with E-state index in [0.717, 1.165) is 0 Å². The number of benzene rings is 1. The number of isocyanates is 1. The van der Waals surface area contributed by atoms with Crippen molar-refractivity contribution in [3.05, 3.63) is 29.3 Å². The van der Waals surface area contributed by atoms with Gasteiger partial charge in [-0.15, -0.1) is 0 Å². The van der Waals surface area contributed by atoms with E-state index in [2.05, 4.69) is 4.99 Å². The van der Waals surface area contributed by atoms with Crippen molar-refractivity contribution in [2.45, 2.75) is 12.5 Å². The smallest absolute Gasteiger partial charge is 0.235 e. The van der Waals surface area contributed by atoms with E-state index in [1.165, 1.54) is 6.08 Å². The number of para-hydroxylation sites is 1. The maximum absolute atomic E-state index is 11.7. The molecule has 82 valence electrons. The number of carbonyl (C=O) groups is 1. The van der Waals surface area contributed by atoms with Gasteiger partial charge >= 0.3 is 0 Å². The van der Waals surface area contributed by atoms with Crippen LogP contribution in [0.4, 0.5) is 5.69 Å². The highest BCUT2D eigenvalue weighted by atomic mass is 35.5. The van der Waals surface area contributed by atoms with Crippen LogP contribution < -0.4 is 4.90 Å². The molecule has 0 radical (unpaired) electrons. The van der Waals surface area contributed by atoms with Gasteiger partial charge in [-0.2, -0.15) is 0 Å². The zero-order chi connectivity index (χ0) is 11.5. The average Bonchev–Trinajstić information content (AvgIpc) is 2.61. The Morgan fingerprint density at radius 1 is 1.44 bits per heavy atom. The summed E-state index contributed by atoms with van der Waals surface area (Å²) in [6.45, 7) is 0.387. The summed E-state index contributed by atoms with van der Waals surface area (Å²) in [6.07, 6.45) is 1.72. The van der Waals surface area contributed by atoms with Gasteiger partial charge in [-0.25, -0.2) is 9.79 Å². The summed E-state index contributed by atoms with van der Waals surface area (Å²) in [5, 5.41) is 0.520. The quantitative estimate of drug-likeness (QED) is 0.581. The molecule has 2 rings (SSSR count). The van der Waals surface area contributed by atoms with E-state index in [9.17, 15) is 9.59 Å². The highest BCUT2D eigenvalue weighted by molar-refractivity contribution is 6.33. The minimum Gasteiger partial charge on any atom is -0.309 e. The van der Waals surface area contributed by atoms with Crippen molar-refractivity contribution < 1.29 is 9.59 Å². The van der Waals surface area contributed by atoms with Gasteiger partial charge in [0.25, 0.3) is 0 Å². The van der Waals surface area contributed by atoms with Crippen LogP contribution in [0.2, 0.25) is 5.02 Å². The topological polar surface area (TPSA) is 49.7 Å². The van der Waals surface area contributed by atoms with Crippen LogP contribution in [-0.2, 0) is 9.59 Å². The maximum atomic E-state index is 11.7. The van der Waals surface area contributed by atoms with Crippen molar-refractivity contribution in [2.24, 2.45) is 4.99 Å². The highest BCUT2D eigenvalue weighted by Crippen LogP contribution is 2.29. The van der Waals surface area contributed by atoms with Gasteiger partial charge in [0, 0.05) is 6.54 Å². The van der Waals surface area contributed by atoms with Crippen molar-refractivity contribution in [1.82, 2.24) is 0 Å². The van der Waals surface area contributed by atoms with Crippen LogP contribution in [0.5, 0.6) is 0 Å². The summed E-state index contributed by atoms with van der Waals surface area (Å²) < 4.78 is 0. The first-order valence-corrected chi connectivity index (χ1v) is 5.22. The van der Waals surface area contributed by atoms with Gasteiger partial charge in [-0.05, 0) is 12.1 Å². The summed E-state index contributed by atoms with van der Waals surface area (Å²) in [6, 6.07) is 6.80. The molecule has 0 N–H and O–H groups in total. The molecule has 1 aromatic rings. The third-order valence-electron chi connectivity index (χ3n) is 2.48. The van der Waals surface area contributed by atoms with E-state index in [0.29, 0.717) is 17.3 Å².